The molecule has 0 spiro atoms. The van der Waals surface area contributed by atoms with Gasteiger partial charge in [0.15, 0.2) is 0 Å². The van der Waals surface area contributed by atoms with Gasteiger partial charge in [0, 0.05) is 45.8 Å². The third-order valence-corrected chi connectivity index (χ3v) is 3.29. The van der Waals surface area contributed by atoms with E-state index < -0.39 is 0 Å². The second kappa shape index (κ2) is 8.79. The van der Waals surface area contributed by atoms with E-state index in [1.54, 1.807) is 31.8 Å². The number of hydrogen-bond donors (Lipinski definition) is 1. The highest BCUT2D eigenvalue weighted by Gasteiger charge is 2.10. The lowest BCUT2D eigenvalue weighted by atomic mass is 10.2. The lowest BCUT2D eigenvalue weighted by Gasteiger charge is -2.17. The van der Waals surface area contributed by atoms with Gasteiger partial charge in [-0.25, -0.2) is 9.97 Å². The Morgan fingerprint density at radius 2 is 2.04 bits per heavy atom. The van der Waals surface area contributed by atoms with Gasteiger partial charge >= 0.3 is 0 Å². The lowest BCUT2D eigenvalue weighted by molar-refractivity contribution is 0.0932. The molecule has 23 heavy (non-hydrogen) atoms. The number of anilines is 1. The predicted octanol–water partition coefficient (Wildman–Crippen LogP) is 0.927. The molecule has 1 amide bonds. The first-order valence-corrected chi connectivity index (χ1v) is 7.41. The van der Waals surface area contributed by atoms with E-state index in [1.165, 1.54) is 5.56 Å². The Kier molecular flexibility index (Phi) is 6.43. The zero-order chi connectivity index (χ0) is 16.5. The molecule has 2 heterocycles. The van der Waals surface area contributed by atoms with E-state index in [4.69, 9.17) is 4.74 Å². The maximum absolute atomic E-state index is 12.0. The van der Waals surface area contributed by atoms with Crippen molar-refractivity contribution in [3.05, 3.63) is 48.0 Å². The standard InChI is InChI=1S/C16H21N5O2/c1-21(11-6-13-3-7-17-8-4-13)16-19-9-5-14(20-16)15(22)18-10-12-23-2/h3-5,7-9H,6,10-12H2,1-2H3,(H,18,22). The SMILES string of the molecule is COCCNC(=O)c1ccnc(N(C)CCc2ccncc2)n1. The number of likely N-dealkylation sites (N-methyl/N-ethyl adjacent to an activating group) is 1. The molecule has 0 saturated carbocycles. The monoisotopic (exact) mass is 315 g/mol. The van der Waals surface area contributed by atoms with Gasteiger partial charge < -0.3 is 15.0 Å². The third-order valence-electron chi connectivity index (χ3n) is 3.29. The maximum atomic E-state index is 12.0. The van der Waals surface area contributed by atoms with Crippen LogP contribution in [0.15, 0.2) is 36.8 Å². The molecule has 7 heteroatoms. The molecule has 0 aliphatic rings. The quantitative estimate of drug-likeness (QED) is 0.730. The highest BCUT2D eigenvalue weighted by molar-refractivity contribution is 5.92. The van der Waals surface area contributed by atoms with Crippen LogP contribution in [-0.4, -0.2) is 54.7 Å². The summed E-state index contributed by atoms with van der Waals surface area (Å²) in [5.74, 6) is 0.298. The normalized spacial score (nSPS) is 10.3. The minimum absolute atomic E-state index is 0.228. The van der Waals surface area contributed by atoms with E-state index in [0.29, 0.717) is 24.8 Å². The van der Waals surface area contributed by atoms with Gasteiger partial charge in [-0.2, -0.15) is 0 Å². The molecule has 0 radical (unpaired) electrons. The molecule has 2 rings (SSSR count). The molecule has 0 atom stereocenters. The number of nitrogens with one attached hydrogen (secondary N) is 1. The molecule has 0 bridgehead atoms. The van der Waals surface area contributed by atoms with Crippen molar-refractivity contribution in [2.45, 2.75) is 6.42 Å². The first-order chi connectivity index (χ1) is 11.2. The third kappa shape index (κ3) is 5.30. The van der Waals surface area contributed by atoms with Crippen molar-refractivity contribution in [2.75, 3.05) is 38.8 Å². The van der Waals surface area contributed by atoms with Crippen molar-refractivity contribution in [2.24, 2.45) is 0 Å². The summed E-state index contributed by atoms with van der Waals surface area (Å²) >= 11 is 0. The van der Waals surface area contributed by atoms with Gasteiger partial charge in [-0.1, -0.05) is 0 Å². The van der Waals surface area contributed by atoms with Gasteiger partial charge in [0.1, 0.15) is 5.69 Å². The Morgan fingerprint density at radius 3 is 2.78 bits per heavy atom. The average Bonchev–Trinajstić information content (AvgIpc) is 2.61. The minimum Gasteiger partial charge on any atom is -0.383 e. The van der Waals surface area contributed by atoms with E-state index in [-0.39, 0.29) is 5.91 Å². The second-order valence-electron chi connectivity index (χ2n) is 5.02. The van der Waals surface area contributed by atoms with Crippen LogP contribution in [0.3, 0.4) is 0 Å². The van der Waals surface area contributed by atoms with Crippen LogP contribution in [0, 0.1) is 0 Å². The van der Waals surface area contributed by atoms with Crippen LogP contribution < -0.4 is 10.2 Å². The minimum atomic E-state index is -0.228. The van der Waals surface area contributed by atoms with Gasteiger partial charge in [0.25, 0.3) is 5.91 Å². The van der Waals surface area contributed by atoms with Crippen LogP contribution in [-0.2, 0) is 11.2 Å². The van der Waals surface area contributed by atoms with E-state index in [0.717, 1.165) is 13.0 Å². The average molecular weight is 315 g/mol. The Hall–Kier alpha value is -2.54. The summed E-state index contributed by atoms with van der Waals surface area (Å²) in [5, 5.41) is 2.74. The molecular formula is C16H21N5O2. The van der Waals surface area contributed by atoms with Crippen LogP contribution in [0.25, 0.3) is 0 Å². The van der Waals surface area contributed by atoms with Crippen molar-refractivity contribution in [1.82, 2.24) is 20.3 Å². The van der Waals surface area contributed by atoms with Crippen molar-refractivity contribution >= 4 is 11.9 Å². The molecule has 2 aromatic heterocycles. The molecular weight excluding hydrogens is 294 g/mol. The molecule has 122 valence electrons. The number of methoxy groups -OCH3 is 1. The number of aromatic nitrogens is 3. The molecule has 7 nitrogen and oxygen atoms in total. The maximum Gasteiger partial charge on any atom is 0.270 e. The number of hydrogen-bond acceptors (Lipinski definition) is 6. The van der Waals surface area contributed by atoms with Crippen molar-refractivity contribution in [3.63, 3.8) is 0 Å². The summed E-state index contributed by atoms with van der Waals surface area (Å²) in [7, 11) is 3.50. The highest BCUT2D eigenvalue weighted by atomic mass is 16.5. The molecule has 0 aliphatic heterocycles. The fraction of sp³-hybridized carbons (Fsp3) is 0.375. The summed E-state index contributed by atoms with van der Waals surface area (Å²) in [6.45, 7) is 1.67. The summed E-state index contributed by atoms with van der Waals surface area (Å²) < 4.78 is 4.90. The predicted molar refractivity (Wildman–Crippen MR) is 87.5 cm³/mol. The number of nitrogens with zero attached hydrogens (tertiary/aromatic N) is 4. The lowest BCUT2D eigenvalue weighted by Crippen LogP contribution is -2.29. The number of ether oxygens (including phenoxy) is 1. The molecule has 0 unspecified atom stereocenters. The summed E-state index contributed by atoms with van der Waals surface area (Å²) in [6, 6.07) is 5.56. The largest absolute Gasteiger partial charge is 0.383 e. The fourth-order valence-electron chi connectivity index (χ4n) is 1.96. The fourth-order valence-corrected chi connectivity index (χ4v) is 1.96. The van der Waals surface area contributed by atoms with Gasteiger partial charge in [0.05, 0.1) is 6.61 Å². The molecule has 2 aromatic rings. The van der Waals surface area contributed by atoms with Crippen molar-refractivity contribution in [1.29, 1.82) is 0 Å². The van der Waals surface area contributed by atoms with Gasteiger partial charge in [0.2, 0.25) is 5.95 Å². The molecule has 0 saturated heterocycles. The van der Waals surface area contributed by atoms with E-state index >= 15 is 0 Å². The zero-order valence-electron chi connectivity index (χ0n) is 13.4. The number of carbonyl (C=O) groups is 1. The van der Waals surface area contributed by atoms with Gasteiger partial charge in [-0.3, -0.25) is 9.78 Å². The van der Waals surface area contributed by atoms with E-state index in [9.17, 15) is 4.79 Å². The van der Waals surface area contributed by atoms with Crippen molar-refractivity contribution in [3.8, 4) is 0 Å². The van der Waals surface area contributed by atoms with E-state index in [2.05, 4.69) is 20.3 Å². The topological polar surface area (TPSA) is 80.2 Å². The number of pyridine rings is 1. The summed E-state index contributed by atoms with van der Waals surface area (Å²) in [6.07, 6.45) is 6.00. The zero-order valence-corrected chi connectivity index (χ0v) is 13.4. The first kappa shape index (κ1) is 16.8. The van der Waals surface area contributed by atoms with Gasteiger partial charge in [-0.05, 0) is 30.2 Å². The second-order valence-corrected chi connectivity index (χ2v) is 5.02. The summed E-state index contributed by atoms with van der Waals surface area (Å²) in [4.78, 5) is 26.5. The molecule has 1 N–H and O–H groups in total. The van der Waals surface area contributed by atoms with Crippen LogP contribution in [0.2, 0.25) is 0 Å². The van der Waals surface area contributed by atoms with Crippen LogP contribution in [0.5, 0.6) is 0 Å². The smallest absolute Gasteiger partial charge is 0.270 e. The molecule has 0 aromatic carbocycles. The van der Waals surface area contributed by atoms with Gasteiger partial charge in [-0.15, -0.1) is 0 Å². The van der Waals surface area contributed by atoms with Crippen molar-refractivity contribution < 1.29 is 9.53 Å². The Bertz CT molecular complexity index is 621. The van der Waals surface area contributed by atoms with E-state index in [1.807, 2.05) is 24.1 Å². The number of rotatable bonds is 8. The molecule has 0 aliphatic carbocycles. The summed E-state index contributed by atoms with van der Waals surface area (Å²) in [5.41, 5.74) is 1.54. The first-order valence-electron chi connectivity index (χ1n) is 7.41. The van der Waals surface area contributed by atoms with Crippen LogP contribution >= 0.6 is 0 Å². The van der Waals surface area contributed by atoms with Crippen LogP contribution in [0.1, 0.15) is 16.1 Å². The number of carbonyl (C=O) groups excluding carboxylic acids is 1. The number of amides is 1. The van der Waals surface area contributed by atoms with Crippen LogP contribution in [0.4, 0.5) is 5.95 Å². The highest BCUT2D eigenvalue weighted by Crippen LogP contribution is 2.07. The molecule has 0 fully saturated rings. The Balaban J connectivity index is 1.94. The Labute approximate surface area is 135 Å². The Morgan fingerprint density at radius 1 is 1.26 bits per heavy atom.